The summed E-state index contributed by atoms with van der Waals surface area (Å²) >= 11 is 1.40. The number of ether oxygens (including phenoxy) is 2. The Morgan fingerprint density at radius 2 is 1.73 bits per heavy atom. The Labute approximate surface area is 246 Å². The van der Waals surface area contributed by atoms with Crippen molar-refractivity contribution in [3.8, 4) is 34.8 Å². The van der Waals surface area contributed by atoms with Gasteiger partial charge < -0.3 is 35.5 Å². The number of anilines is 1. The summed E-state index contributed by atoms with van der Waals surface area (Å²) in [5.41, 5.74) is 10.0. The highest BCUT2D eigenvalue weighted by atomic mass is 32.2. The fourth-order valence-electron chi connectivity index (χ4n) is 4.06. The van der Waals surface area contributed by atoms with Gasteiger partial charge in [-0.05, 0) is 59.7 Å². The largest absolute Gasteiger partial charge is 0.507 e. The summed E-state index contributed by atoms with van der Waals surface area (Å²) < 4.78 is 10.9. The topological polar surface area (TPSA) is 131 Å². The number of aromatic hydroxyl groups is 2. The van der Waals surface area contributed by atoms with Crippen LogP contribution in [0.15, 0.2) is 42.5 Å². The summed E-state index contributed by atoms with van der Waals surface area (Å²) in [6, 6.07) is 13.1. The lowest BCUT2D eigenvalue weighted by Crippen LogP contribution is -2.28. The van der Waals surface area contributed by atoms with Crippen LogP contribution >= 0.6 is 11.8 Å². The molecule has 11 heteroatoms. The summed E-state index contributed by atoms with van der Waals surface area (Å²) in [5, 5.41) is 23.1. The van der Waals surface area contributed by atoms with E-state index >= 15 is 0 Å². The van der Waals surface area contributed by atoms with Crippen molar-refractivity contribution < 1.29 is 29.3 Å². The van der Waals surface area contributed by atoms with E-state index in [9.17, 15) is 19.8 Å². The van der Waals surface area contributed by atoms with Crippen LogP contribution in [0.3, 0.4) is 0 Å². The second-order valence-electron chi connectivity index (χ2n) is 9.39. The fourth-order valence-corrected chi connectivity index (χ4v) is 5.00. The van der Waals surface area contributed by atoms with Crippen molar-refractivity contribution in [2.45, 2.75) is 30.8 Å². The lowest BCUT2D eigenvalue weighted by atomic mass is 9.81. The van der Waals surface area contributed by atoms with Crippen molar-refractivity contribution in [1.29, 1.82) is 0 Å². The van der Waals surface area contributed by atoms with Crippen molar-refractivity contribution in [2.75, 3.05) is 26.0 Å². The fraction of sp³-hybridized carbons (Fsp3) is 0.267. The molecule has 3 aromatic rings. The molecule has 0 aliphatic heterocycles. The Bertz CT molecular complexity index is 1430. The number of phenols is 2. The SMILES string of the molecule is Bc1c(N)c(B)c(O)c(C#Cc2ccc(CSC(C=O)CC(=O)NCCc3ccc(OC)c(OCC)c3)cc2)c1O. The Hall–Kier alpha value is -4.16. The third-order valence-electron chi connectivity index (χ3n) is 6.54. The lowest BCUT2D eigenvalue weighted by Gasteiger charge is -2.12. The van der Waals surface area contributed by atoms with Crippen LogP contribution in [0.25, 0.3) is 0 Å². The van der Waals surface area contributed by atoms with Gasteiger partial charge in [-0.2, -0.15) is 0 Å². The molecule has 0 aromatic heterocycles. The van der Waals surface area contributed by atoms with E-state index in [1.54, 1.807) is 22.8 Å². The Morgan fingerprint density at radius 3 is 2.34 bits per heavy atom. The summed E-state index contributed by atoms with van der Waals surface area (Å²) in [7, 11) is 4.94. The van der Waals surface area contributed by atoms with Crippen molar-refractivity contribution in [3.63, 3.8) is 0 Å². The number of hydrogen-bond donors (Lipinski definition) is 4. The highest BCUT2D eigenvalue weighted by Gasteiger charge is 2.16. The molecule has 8 nitrogen and oxygen atoms in total. The maximum Gasteiger partial charge on any atom is 0.221 e. The average molecular weight is 572 g/mol. The van der Waals surface area contributed by atoms with Crippen LogP contribution in [0, 0.1) is 11.8 Å². The summed E-state index contributed by atoms with van der Waals surface area (Å²) in [6.07, 6.45) is 1.52. The number of amides is 1. The zero-order valence-electron chi connectivity index (χ0n) is 23.7. The average Bonchev–Trinajstić information content (AvgIpc) is 2.98. The van der Waals surface area contributed by atoms with E-state index in [1.165, 1.54) is 11.8 Å². The number of nitrogen functional groups attached to an aromatic ring is 1. The predicted molar refractivity (Wildman–Crippen MR) is 170 cm³/mol. The molecular formula is C30H34B2N2O6S. The maximum absolute atomic E-state index is 12.4. The minimum absolute atomic E-state index is 0.0952. The van der Waals surface area contributed by atoms with Crippen LogP contribution in [0.2, 0.25) is 0 Å². The van der Waals surface area contributed by atoms with Gasteiger partial charge in [0.05, 0.1) is 19.0 Å². The number of carbonyl (C=O) groups is 2. The molecular weight excluding hydrogens is 538 g/mol. The molecule has 3 rings (SSSR count). The first kappa shape index (κ1) is 31.4. The van der Waals surface area contributed by atoms with E-state index in [4.69, 9.17) is 15.2 Å². The van der Waals surface area contributed by atoms with E-state index in [2.05, 4.69) is 17.2 Å². The molecule has 1 unspecified atom stereocenters. The minimum atomic E-state index is -0.469. The molecule has 1 amide bonds. The predicted octanol–water partition coefficient (Wildman–Crippen LogP) is 0.554. The smallest absolute Gasteiger partial charge is 0.221 e. The minimum Gasteiger partial charge on any atom is -0.507 e. The Morgan fingerprint density at radius 1 is 1.07 bits per heavy atom. The van der Waals surface area contributed by atoms with Crippen LogP contribution in [0.1, 0.15) is 35.6 Å². The van der Waals surface area contributed by atoms with Crippen molar-refractivity contribution >= 4 is 56.3 Å². The van der Waals surface area contributed by atoms with Crippen LogP contribution in [0.4, 0.5) is 5.69 Å². The third-order valence-corrected chi connectivity index (χ3v) is 7.75. The molecule has 0 radical (unpaired) electrons. The number of thioether (sulfide) groups is 1. The Kier molecular flexibility index (Phi) is 11.5. The molecule has 0 bridgehead atoms. The first-order valence-corrected chi connectivity index (χ1v) is 14.3. The molecule has 1 atom stereocenters. The molecule has 3 aromatic carbocycles. The van der Waals surface area contributed by atoms with Gasteiger partial charge in [-0.1, -0.05) is 30.0 Å². The van der Waals surface area contributed by atoms with Gasteiger partial charge in [-0.15, -0.1) is 11.8 Å². The number of nitrogens with two attached hydrogens (primary N) is 1. The number of benzene rings is 3. The van der Waals surface area contributed by atoms with Crippen molar-refractivity contribution in [3.05, 3.63) is 64.7 Å². The highest BCUT2D eigenvalue weighted by Crippen LogP contribution is 2.28. The number of nitrogens with one attached hydrogen (secondary N) is 1. The molecule has 0 saturated carbocycles. The summed E-state index contributed by atoms with van der Waals surface area (Å²) in [5.74, 6) is 7.22. The van der Waals surface area contributed by atoms with E-state index in [1.807, 2.05) is 49.4 Å². The zero-order valence-corrected chi connectivity index (χ0v) is 24.6. The number of carbonyl (C=O) groups excluding carboxylic acids is 2. The number of methoxy groups -OCH3 is 1. The molecule has 0 aliphatic rings. The summed E-state index contributed by atoms with van der Waals surface area (Å²) in [6.45, 7) is 2.88. The quantitative estimate of drug-likeness (QED) is 0.107. The number of rotatable bonds is 12. The lowest BCUT2D eigenvalue weighted by molar-refractivity contribution is -0.122. The second-order valence-corrected chi connectivity index (χ2v) is 10.6. The molecule has 0 saturated heterocycles. The molecule has 5 N–H and O–H groups in total. The molecule has 41 heavy (non-hydrogen) atoms. The van der Waals surface area contributed by atoms with Gasteiger partial charge in [-0.3, -0.25) is 4.79 Å². The van der Waals surface area contributed by atoms with Crippen LogP contribution in [0.5, 0.6) is 23.0 Å². The highest BCUT2D eigenvalue weighted by molar-refractivity contribution is 7.99. The van der Waals surface area contributed by atoms with E-state index in [0.29, 0.717) is 59.0 Å². The number of phenolic OH excluding ortho intramolecular Hbond substituents is 2. The maximum atomic E-state index is 12.4. The van der Waals surface area contributed by atoms with E-state index < -0.39 is 5.25 Å². The molecule has 0 spiro atoms. The van der Waals surface area contributed by atoms with Gasteiger partial charge >= 0.3 is 0 Å². The molecule has 212 valence electrons. The first-order valence-electron chi connectivity index (χ1n) is 13.2. The van der Waals surface area contributed by atoms with Crippen LogP contribution < -0.4 is 31.4 Å². The van der Waals surface area contributed by atoms with Crippen LogP contribution in [-0.4, -0.2) is 63.6 Å². The Balaban J connectivity index is 1.50. The monoisotopic (exact) mass is 572 g/mol. The van der Waals surface area contributed by atoms with Crippen molar-refractivity contribution in [1.82, 2.24) is 5.32 Å². The standard InChI is InChI=1S/C30H34B2N2O6S/c1-3-40-24-14-19(9-11-23(24)39-2)12-13-34-25(36)15-21(16-35)41-17-20-6-4-18(5-7-20)8-10-22-29(37)26(31)28(33)27(32)30(22)38/h4-7,9,11,14,16,21,37-38H,3,12-13,15,17,31-33H2,1-2H3,(H,34,36). The van der Waals surface area contributed by atoms with E-state index in [0.717, 1.165) is 17.4 Å². The number of hydrogen-bond acceptors (Lipinski definition) is 8. The van der Waals surface area contributed by atoms with Gasteiger partial charge in [0.25, 0.3) is 0 Å². The molecule has 0 aliphatic carbocycles. The van der Waals surface area contributed by atoms with Gasteiger partial charge in [0.2, 0.25) is 5.91 Å². The van der Waals surface area contributed by atoms with Gasteiger partial charge in [0.15, 0.2) is 11.5 Å². The van der Waals surface area contributed by atoms with Gasteiger partial charge in [0, 0.05) is 30.0 Å². The third kappa shape index (κ3) is 8.41. The van der Waals surface area contributed by atoms with Crippen molar-refractivity contribution in [2.24, 2.45) is 0 Å². The zero-order chi connectivity index (χ0) is 29.9. The van der Waals surface area contributed by atoms with Gasteiger partial charge in [0.1, 0.15) is 39.0 Å². The van der Waals surface area contributed by atoms with Gasteiger partial charge in [-0.25, -0.2) is 0 Å². The number of aldehydes is 1. The molecule has 0 fully saturated rings. The molecule has 0 heterocycles. The normalized spacial score (nSPS) is 11.2. The van der Waals surface area contributed by atoms with Crippen LogP contribution in [-0.2, 0) is 21.8 Å². The second kappa shape index (κ2) is 15.0. The summed E-state index contributed by atoms with van der Waals surface area (Å²) in [4.78, 5) is 24.1. The first-order chi connectivity index (χ1) is 19.7. The van der Waals surface area contributed by atoms with E-state index in [-0.39, 0.29) is 29.4 Å².